The van der Waals surface area contributed by atoms with E-state index in [1.54, 1.807) is 0 Å². The standard InChI is InChI=1S/C27H26N2O/c1-28(2)21-13-9-19(10-14-21)17-25-23-7-5-6-8-24(23)26(27(25)30)18-20-11-15-22(16-12-20)29(3)4/h5-18H,1-4H3/b25-17+,26-18+. The van der Waals surface area contributed by atoms with Crippen molar-refractivity contribution in [2.45, 2.75) is 0 Å². The van der Waals surface area contributed by atoms with Crippen LogP contribution in [0.25, 0.3) is 23.3 Å². The maximum Gasteiger partial charge on any atom is 0.194 e. The van der Waals surface area contributed by atoms with Crippen LogP contribution in [0.4, 0.5) is 11.4 Å². The van der Waals surface area contributed by atoms with Crippen molar-refractivity contribution in [2.24, 2.45) is 0 Å². The number of Topliss-reactive ketones (excluding diaryl/α,β-unsaturated/α-hetero) is 1. The topological polar surface area (TPSA) is 23.6 Å². The molecule has 0 saturated carbocycles. The first-order valence-electron chi connectivity index (χ1n) is 10.1. The molecule has 30 heavy (non-hydrogen) atoms. The van der Waals surface area contributed by atoms with E-state index in [2.05, 4.69) is 58.3 Å². The van der Waals surface area contributed by atoms with Gasteiger partial charge in [0.2, 0.25) is 0 Å². The average molecular weight is 395 g/mol. The van der Waals surface area contributed by atoms with Gasteiger partial charge < -0.3 is 9.80 Å². The second kappa shape index (κ2) is 8.03. The third-order valence-electron chi connectivity index (χ3n) is 5.44. The molecular formula is C27H26N2O. The summed E-state index contributed by atoms with van der Waals surface area (Å²) in [5, 5.41) is 0. The number of benzene rings is 3. The summed E-state index contributed by atoms with van der Waals surface area (Å²) in [6, 6.07) is 24.5. The number of hydrogen-bond donors (Lipinski definition) is 0. The Labute approximate surface area is 178 Å². The van der Waals surface area contributed by atoms with E-state index in [0.717, 1.165) is 44.8 Å². The molecule has 0 saturated heterocycles. The number of rotatable bonds is 4. The van der Waals surface area contributed by atoms with Gasteiger partial charge in [0.15, 0.2) is 5.78 Å². The maximum atomic E-state index is 13.4. The molecule has 0 heterocycles. The Bertz CT molecular complexity index is 1040. The SMILES string of the molecule is CN(C)c1ccc(/C=C2/C(=O)/C(=C/c3ccc(N(C)C)cc3)c3ccccc32)cc1. The molecule has 150 valence electrons. The molecular weight excluding hydrogens is 368 g/mol. The summed E-state index contributed by atoms with van der Waals surface area (Å²) in [6.07, 6.45) is 3.99. The van der Waals surface area contributed by atoms with Crippen molar-refractivity contribution in [2.75, 3.05) is 38.0 Å². The molecule has 4 rings (SSSR count). The normalized spacial score (nSPS) is 15.5. The first kappa shape index (κ1) is 19.7. The van der Waals surface area contributed by atoms with E-state index in [-0.39, 0.29) is 5.78 Å². The van der Waals surface area contributed by atoms with Gasteiger partial charge in [0.05, 0.1) is 0 Å². The van der Waals surface area contributed by atoms with Gasteiger partial charge in [-0.25, -0.2) is 0 Å². The summed E-state index contributed by atoms with van der Waals surface area (Å²) in [7, 11) is 8.08. The van der Waals surface area contributed by atoms with Crippen molar-refractivity contribution in [3.05, 3.63) is 95.1 Å². The number of ketones is 1. The molecule has 0 aliphatic heterocycles. The summed E-state index contributed by atoms with van der Waals surface area (Å²) in [6.45, 7) is 0. The lowest BCUT2D eigenvalue weighted by atomic mass is 10.0. The number of carbonyl (C=O) groups excluding carboxylic acids is 1. The van der Waals surface area contributed by atoms with Crippen LogP contribution in [0.3, 0.4) is 0 Å². The monoisotopic (exact) mass is 394 g/mol. The molecule has 0 N–H and O–H groups in total. The molecule has 0 fully saturated rings. The first-order chi connectivity index (χ1) is 14.4. The van der Waals surface area contributed by atoms with Crippen LogP contribution in [0.5, 0.6) is 0 Å². The molecule has 0 bridgehead atoms. The van der Waals surface area contributed by atoms with Gasteiger partial charge in [0, 0.05) is 50.7 Å². The minimum atomic E-state index is 0.0737. The van der Waals surface area contributed by atoms with E-state index in [1.165, 1.54) is 0 Å². The quantitative estimate of drug-likeness (QED) is 0.547. The van der Waals surface area contributed by atoms with Gasteiger partial charge in [-0.2, -0.15) is 0 Å². The van der Waals surface area contributed by atoms with Crippen molar-refractivity contribution >= 4 is 40.5 Å². The number of nitrogens with zero attached hydrogens (tertiary/aromatic N) is 2. The van der Waals surface area contributed by atoms with Crippen LogP contribution >= 0.6 is 0 Å². The van der Waals surface area contributed by atoms with Gasteiger partial charge in [0.25, 0.3) is 0 Å². The molecule has 0 amide bonds. The Morgan fingerprint density at radius 2 is 0.933 bits per heavy atom. The Balaban J connectivity index is 1.73. The van der Waals surface area contributed by atoms with Gasteiger partial charge in [-0.1, -0.05) is 48.5 Å². The number of fused-ring (bicyclic) bond motifs is 1. The van der Waals surface area contributed by atoms with Crippen LogP contribution in [-0.4, -0.2) is 34.0 Å². The van der Waals surface area contributed by atoms with Crippen LogP contribution in [-0.2, 0) is 4.79 Å². The van der Waals surface area contributed by atoms with Gasteiger partial charge in [-0.05, 0) is 58.7 Å². The van der Waals surface area contributed by atoms with Crippen molar-refractivity contribution < 1.29 is 4.79 Å². The Hall–Kier alpha value is -3.59. The average Bonchev–Trinajstić information content (AvgIpc) is 3.00. The zero-order valence-electron chi connectivity index (χ0n) is 17.9. The summed E-state index contributed by atoms with van der Waals surface area (Å²) >= 11 is 0. The van der Waals surface area contributed by atoms with Gasteiger partial charge in [0.1, 0.15) is 0 Å². The zero-order chi connectivity index (χ0) is 21.3. The van der Waals surface area contributed by atoms with Crippen LogP contribution in [0.15, 0.2) is 72.8 Å². The molecule has 0 atom stereocenters. The fourth-order valence-electron chi connectivity index (χ4n) is 3.70. The highest BCUT2D eigenvalue weighted by atomic mass is 16.1. The maximum absolute atomic E-state index is 13.4. The smallest absolute Gasteiger partial charge is 0.194 e. The largest absolute Gasteiger partial charge is 0.378 e. The Kier molecular flexibility index (Phi) is 5.28. The third-order valence-corrected chi connectivity index (χ3v) is 5.44. The highest BCUT2D eigenvalue weighted by Crippen LogP contribution is 2.39. The molecule has 3 aromatic rings. The molecule has 3 heteroatoms. The van der Waals surface area contributed by atoms with Crippen molar-refractivity contribution in [1.29, 1.82) is 0 Å². The predicted molar refractivity (Wildman–Crippen MR) is 129 cm³/mol. The summed E-state index contributed by atoms with van der Waals surface area (Å²) in [5.41, 5.74) is 7.81. The minimum absolute atomic E-state index is 0.0737. The Morgan fingerprint density at radius 3 is 1.27 bits per heavy atom. The predicted octanol–water partition coefficient (Wildman–Crippen LogP) is 5.48. The molecule has 0 radical (unpaired) electrons. The lowest BCUT2D eigenvalue weighted by Gasteiger charge is -2.12. The van der Waals surface area contributed by atoms with Crippen LogP contribution < -0.4 is 9.80 Å². The fraction of sp³-hybridized carbons (Fsp3) is 0.148. The van der Waals surface area contributed by atoms with Gasteiger partial charge in [-0.3, -0.25) is 4.79 Å². The summed E-state index contributed by atoms with van der Waals surface area (Å²) in [5.74, 6) is 0.0737. The second-order valence-corrected chi connectivity index (χ2v) is 7.96. The van der Waals surface area contributed by atoms with Crippen molar-refractivity contribution in [3.8, 4) is 0 Å². The van der Waals surface area contributed by atoms with Crippen LogP contribution in [0.1, 0.15) is 22.3 Å². The molecule has 0 aromatic heterocycles. The number of hydrogen-bond acceptors (Lipinski definition) is 3. The van der Waals surface area contributed by atoms with E-state index in [0.29, 0.717) is 0 Å². The van der Waals surface area contributed by atoms with E-state index in [4.69, 9.17) is 0 Å². The highest BCUT2D eigenvalue weighted by Gasteiger charge is 2.29. The molecule has 0 spiro atoms. The number of carbonyl (C=O) groups is 1. The molecule has 0 unspecified atom stereocenters. The zero-order valence-corrected chi connectivity index (χ0v) is 17.9. The van der Waals surface area contributed by atoms with Crippen LogP contribution in [0.2, 0.25) is 0 Å². The summed E-state index contributed by atoms with van der Waals surface area (Å²) in [4.78, 5) is 17.5. The number of allylic oxidation sites excluding steroid dienone is 2. The van der Waals surface area contributed by atoms with Gasteiger partial charge in [-0.15, -0.1) is 0 Å². The minimum Gasteiger partial charge on any atom is -0.378 e. The van der Waals surface area contributed by atoms with E-state index in [1.807, 2.05) is 64.6 Å². The lowest BCUT2D eigenvalue weighted by Crippen LogP contribution is -2.08. The Morgan fingerprint density at radius 1 is 0.567 bits per heavy atom. The van der Waals surface area contributed by atoms with Crippen molar-refractivity contribution in [3.63, 3.8) is 0 Å². The van der Waals surface area contributed by atoms with E-state index in [9.17, 15) is 4.79 Å². The highest BCUT2D eigenvalue weighted by molar-refractivity contribution is 6.51. The molecule has 3 aromatic carbocycles. The number of anilines is 2. The van der Waals surface area contributed by atoms with E-state index >= 15 is 0 Å². The first-order valence-corrected chi connectivity index (χ1v) is 10.1. The second-order valence-electron chi connectivity index (χ2n) is 7.96. The molecule has 3 nitrogen and oxygen atoms in total. The van der Waals surface area contributed by atoms with Crippen LogP contribution in [0, 0.1) is 0 Å². The molecule has 1 aliphatic rings. The summed E-state index contributed by atoms with van der Waals surface area (Å²) < 4.78 is 0. The lowest BCUT2D eigenvalue weighted by molar-refractivity contribution is -0.108. The van der Waals surface area contributed by atoms with Gasteiger partial charge >= 0.3 is 0 Å². The third kappa shape index (κ3) is 3.79. The van der Waals surface area contributed by atoms with E-state index < -0.39 is 0 Å². The fourth-order valence-corrected chi connectivity index (χ4v) is 3.70. The molecule has 1 aliphatic carbocycles. The van der Waals surface area contributed by atoms with Crippen molar-refractivity contribution in [1.82, 2.24) is 0 Å².